The minimum absolute atomic E-state index is 0.00468. The van der Waals surface area contributed by atoms with Crippen molar-refractivity contribution in [2.75, 3.05) is 6.67 Å². The Balaban J connectivity index is 2.41. The largest absolute Gasteiger partial charge is 0.488 e. The summed E-state index contributed by atoms with van der Waals surface area (Å²) >= 11 is 0. The van der Waals surface area contributed by atoms with Crippen LogP contribution in [0.25, 0.3) is 0 Å². The van der Waals surface area contributed by atoms with E-state index in [4.69, 9.17) is 4.74 Å². The number of para-hydroxylation sites is 1. The normalized spacial score (nSPS) is 23.8. The van der Waals surface area contributed by atoms with E-state index >= 15 is 0 Å². The van der Waals surface area contributed by atoms with Crippen LogP contribution in [-0.2, 0) is 0 Å². The van der Waals surface area contributed by atoms with Crippen molar-refractivity contribution in [3.63, 3.8) is 0 Å². The second-order valence-corrected chi connectivity index (χ2v) is 4.45. The lowest BCUT2D eigenvalue weighted by atomic mass is 9.85. The molecule has 1 nitrogen and oxygen atoms in total. The highest BCUT2D eigenvalue weighted by molar-refractivity contribution is 5.39. The van der Waals surface area contributed by atoms with Gasteiger partial charge in [0.2, 0.25) is 0 Å². The molecule has 76 valence electrons. The minimum Gasteiger partial charge on any atom is -0.488 e. The van der Waals surface area contributed by atoms with Gasteiger partial charge in [0.25, 0.3) is 0 Å². The number of alkyl halides is 1. The Morgan fingerprint density at radius 2 is 2.14 bits per heavy atom. The number of halogens is 1. The van der Waals surface area contributed by atoms with Crippen molar-refractivity contribution >= 4 is 0 Å². The van der Waals surface area contributed by atoms with Crippen LogP contribution in [0, 0.1) is 0 Å². The fraction of sp³-hybridized carbons (Fsp3) is 0.500. The van der Waals surface area contributed by atoms with Crippen LogP contribution in [0.3, 0.4) is 0 Å². The van der Waals surface area contributed by atoms with Gasteiger partial charge in [0.05, 0.1) is 6.67 Å². The Morgan fingerprint density at radius 3 is 2.86 bits per heavy atom. The molecule has 1 atom stereocenters. The van der Waals surface area contributed by atoms with Gasteiger partial charge in [-0.2, -0.15) is 0 Å². The summed E-state index contributed by atoms with van der Waals surface area (Å²) in [5, 5.41) is 0. The molecule has 1 aromatic rings. The Bertz CT molecular complexity index is 333. The highest BCUT2D eigenvalue weighted by atomic mass is 19.1. The molecule has 1 aromatic carbocycles. The van der Waals surface area contributed by atoms with Gasteiger partial charge < -0.3 is 4.74 Å². The second-order valence-electron chi connectivity index (χ2n) is 4.45. The quantitative estimate of drug-likeness (QED) is 0.666. The molecule has 0 aliphatic carbocycles. The highest BCUT2D eigenvalue weighted by Crippen LogP contribution is 2.40. The summed E-state index contributed by atoms with van der Waals surface area (Å²) in [4.78, 5) is 0. The first-order valence-electron chi connectivity index (χ1n) is 4.96. The lowest BCUT2D eigenvalue weighted by Gasteiger charge is -2.36. The smallest absolute Gasteiger partial charge is 0.123 e. The van der Waals surface area contributed by atoms with Crippen LogP contribution in [0.2, 0.25) is 0 Å². The molecule has 0 N–H and O–H groups in total. The van der Waals surface area contributed by atoms with Gasteiger partial charge in [-0.15, -0.1) is 0 Å². The maximum Gasteiger partial charge on any atom is 0.123 e. The minimum atomic E-state index is -0.302. The maximum atomic E-state index is 12.8. The van der Waals surface area contributed by atoms with E-state index in [0.717, 1.165) is 17.7 Å². The van der Waals surface area contributed by atoms with E-state index in [1.54, 1.807) is 0 Å². The third-order valence-electron chi connectivity index (χ3n) is 2.67. The molecule has 0 bridgehead atoms. The zero-order chi connectivity index (χ0) is 10.2. The summed E-state index contributed by atoms with van der Waals surface area (Å²) in [6, 6.07) is 7.73. The molecule has 0 unspecified atom stereocenters. The van der Waals surface area contributed by atoms with Gasteiger partial charge in [-0.05, 0) is 31.9 Å². The molecule has 0 amide bonds. The van der Waals surface area contributed by atoms with Gasteiger partial charge in [-0.3, -0.25) is 4.39 Å². The predicted molar refractivity (Wildman–Crippen MR) is 54.5 cm³/mol. The Hall–Kier alpha value is -1.05. The first-order valence-corrected chi connectivity index (χ1v) is 4.96. The number of benzene rings is 1. The summed E-state index contributed by atoms with van der Waals surface area (Å²) in [5.74, 6) is 0.835. The standard InChI is InChI=1S/C12H15FO/c1-12(2)7-9(8-13)10-5-3-4-6-11(10)14-12/h3-6,9H,7-8H2,1-2H3/t9-/m1/s1. The fourth-order valence-electron chi connectivity index (χ4n) is 2.09. The molecule has 0 saturated heterocycles. The van der Waals surface area contributed by atoms with E-state index in [1.165, 1.54) is 0 Å². The third kappa shape index (κ3) is 1.61. The van der Waals surface area contributed by atoms with Crippen molar-refractivity contribution in [2.24, 2.45) is 0 Å². The zero-order valence-corrected chi connectivity index (χ0v) is 8.59. The van der Waals surface area contributed by atoms with Crippen LogP contribution in [0.1, 0.15) is 31.7 Å². The van der Waals surface area contributed by atoms with Gasteiger partial charge >= 0.3 is 0 Å². The van der Waals surface area contributed by atoms with Crippen LogP contribution in [0.5, 0.6) is 5.75 Å². The lowest BCUT2D eigenvalue weighted by Crippen LogP contribution is -2.35. The zero-order valence-electron chi connectivity index (χ0n) is 8.59. The van der Waals surface area contributed by atoms with Gasteiger partial charge in [0.1, 0.15) is 11.4 Å². The van der Waals surface area contributed by atoms with Gasteiger partial charge in [-0.1, -0.05) is 18.2 Å². The summed E-state index contributed by atoms with van der Waals surface area (Å²) in [6.45, 7) is 3.71. The van der Waals surface area contributed by atoms with Crippen LogP contribution < -0.4 is 4.74 Å². The summed E-state index contributed by atoms with van der Waals surface area (Å²) < 4.78 is 18.6. The molecule has 0 radical (unpaired) electrons. The third-order valence-corrected chi connectivity index (χ3v) is 2.67. The van der Waals surface area contributed by atoms with Crippen LogP contribution in [-0.4, -0.2) is 12.3 Å². The van der Waals surface area contributed by atoms with Crippen molar-refractivity contribution in [1.29, 1.82) is 0 Å². The highest BCUT2D eigenvalue weighted by Gasteiger charge is 2.33. The van der Waals surface area contributed by atoms with Crippen LogP contribution >= 0.6 is 0 Å². The number of hydrogen-bond donors (Lipinski definition) is 0. The lowest BCUT2D eigenvalue weighted by molar-refractivity contribution is 0.0673. The number of rotatable bonds is 1. The fourth-order valence-corrected chi connectivity index (χ4v) is 2.09. The molecule has 14 heavy (non-hydrogen) atoms. The van der Waals surface area contributed by atoms with E-state index in [1.807, 2.05) is 38.1 Å². The van der Waals surface area contributed by atoms with Gasteiger partial charge in [-0.25, -0.2) is 0 Å². The molecule has 1 aliphatic rings. The van der Waals surface area contributed by atoms with E-state index in [9.17, 15) is 4.39 Å². The van der Waals surface area contributed by atoms with Gasteiger partial charge in [0, 0.05) is 5.92 Å². The molecular formula is C12H15FO. The topological polar surface area (TPSA) is 9.23 Å². The van der Waals surface area contributed by atoms with E-state index in [-0.39, 0.29) is 18.2 Å². The summed E-state index contributed by atoms with van der Waals surface area (Å²) in [7, 11) is 0. The van der Waals surface area contributed by atoms with Crippen molar-refractivity contribution in [1.82, 2.24) is 0 Å². The van der Waals surface area contributed by atoms with Gasteiger partial charge in [0.15, 0.2) is 0 Å². The molecular weight excluding hydrogens is 179 g/mol. The molecule has 0 aromatic heterocycles. The Labute approximate surface area is 83.9 Å². The van der Waals surface area contributed by atoms with Crippen LogP contribution in [0.15, 0.2) is 24.3 Å². The molecule has 1 aliphatic heterocycles. The molecule has 0 fully saturated rings. The van der Waals surface area contributed by atoms with Crippen molar-refractivity contribution in [3.05, 3.63) is 29.8 Å². The first-order chi connectivity index (χ1) is 6.62. The Morgan fingerprint density at radius 1 is 1.43 bits per heavy atom. The molecule has 2 rings (SSSR count). The van der Waals surface area contributed by atoms with Crippen molar-refractivity contribution in [2.45, 2.75) is 31.8 Å². The second kappa shape index (κ2) is 3.26. The molecule has 0 saturated carbocycles. The van der Waals surface area contributed by atoms with E-state index in [0.29, 0.717) is 0 Å². The SMILES string of the molecule is CC1(C)C[C@H](CF)c2ccccc2O1. The van der Waals surface area contributed by atoms with Crippen LogP contribution in [0.4, 0.5) is 4.39 Å². The number of fused-ring (bicyclic) bond motifs is 1. The molecule has 2 heteroatoms. The molecule has 1 heterocycles. The average Bonchev–Trinajstić information content (AvgIpc) is 2.15. The number of ether oxygens (including phenoxy) is 1. The summed E-state index contributed by atoms with van der Waals surface area (Å²) in [5.41, 5.74) is 0.764. The molecule has 0 spiro atoms. The van der Waals surface area contributed by atoms with E-state index < -0.39 is 0 Å². The van der Waals surface area contributed by atoms with E-state index in [2.05, 4.69) is 0 Å². The van der Waals surface area contributed by atoms with Crippen molar-refractivity contribution in [3.8, 4) is 5.75 Å². The predicted octanol–water partition coefficient (Wildman–Crippen LogP) is 3.30. The maximum absolute atomic E-state index is 12.8. The summed E-state index contributed by atoms with van der Waals surface area (Å²) in [6.07, 6.45) is 0.751. The monoisotopic (exact) mass is 194 g/mol. The number of hydrogen-bond acceptors (Lipinski definition) is 1. The average molecular weight is 194 g/mol. The Kier molecular flexibility index (Phi) is 2.22. The van der Waals surface area contributed by atoms with Crippen molar-refractivity contribution < 1.29 is 9.13 Å². The first kappa shape index (κ1) is 9.50.